The van der Waals surface area contributed by atoms with Crippen molar-refractivity contribution in [2.45, 2.75) is 5.54 Å². The van der Waals surface area contributed by atoms with Crippen LogP contribution < -0.4 is 5.32 Å². The summed E-state index contributed by atoms with van der Waals surface area (Å²) in [6.45, 7) is 0. The molecule has 0 aliphatic rings. The van der Waals surface area contributed by atoms with E-state index >= 15 is 0 Å². The number of carbonyl (C=O) groups is 1. The molecule has 0 atom stereocenters. The Hall–Kier alpha value is -3.49. The number of hydrogen-bond acceptors (Lipinski definition) is 6. The monoisotopic (exact) mass is 521 g/mol. The molecule has 0 bridgehead atoms. The summed E-state index contributed by atoms with van der Waals surface area (Å²) in [5.41, 5.74) is 2.18. The molecular weight excluding hydrogens is 502 g/mol. The second-order valence-corrected chi connectivity index (χ2v) is 9.36. The maximum absolute atomic E-state index is 11.7. The maximum atomic E-state index is 11.7. The molecule has 3 aromatic carbocycles. The average molecular weight is 522 g/mol. The van der Waals surface area contributed by atoms with Crippen LogP contribution in [0.15, 0.2) is 99.9 Å². The van der Waals surface area contributed by atoms with Crippen LogP contribution in [0.5, 0.6) is 0 Å². The van der Waals surface area contributed by atoms with E-state index in [9.17, 15) is 9.90 Å². The van der Waals surface area contributed by atoms with E-state index in [1.807, 2.05) is 54.6 Å². The first kappa shape index (κ1) is 22.7. The molecule has 0 aliphatic heterocycles. The zero-order valence-electron chi connectivity index (χ0n) is 17.6. The number of halogens is 1. The smallest absolute Gasteiger partial charge is 0.360 e. The third kappa shape index (κ3) is 4.53. The Balaban J connectivity index is 1.93. The number of rotatable bonds is 8. The molecule has 33 heavy (non-hydrogen) atoms. The van der Waals surface area contributed by atoms with E-state index in [0.29, 0.717) is 8.92 Å². The fraction of sp³-hybridized carbons (Fsp3) is 0.0800. The number of carboxylic acid groups (broad SMARTS) is 1. The SMILES string of the molecule is CO/N=C(\C(=O)O)c1nc(NC(c2ccccc2)(c2ccccc2)c2ccccc2)sc1Br. The van der Waals surface area contributed by atoms with Crippen molar-refractivity contribution in [1.82, 2.24) is 4.98 Å². The van der Waals surface area contributed by atoms with Crippen molar-refractivity contribution in [3.8, 4) is 0 Å². The van der Waals surface area contributed by atoms with E-state index in [2.05, 4.69) is 67.8 Å². The van der Waals surface area contributed by atoms with Crippen molar-refractivity contribution in [2.24, 2.45) is 5.16 Å². The molecular formula is C25H20BrN3O3S. The topological polar surface area (TPSA) is 83.8 Å². The van der Waals surface area contributed by atoms with Gasteiger partial charge in [0.15, 0.2) is 5.13 Å². The van der Waals surface area contributed by atoms with Crippen LogP contribution in [-0.2, 0) is 15.2 Å². The van der Waals surface area contributed by atoms with Crippen molar-refractivity contribution < 1.29 is 14.7 Å². The minimum atomic E-state index is -1.23. The lowest BCUT2D eigenvalue weighted by Crippen LogP contribution is -2.38. The highest BCUT2D eigenvalue weighted by Crippen LogP contribution is 2.42. The van der Waals surface area contributed by atoms with Crippen LogP contribution in [0.3, 0.4) is 0 Å². The van der Waals surface area contributed by atoms with E-state index in [-0.39, 0.29) is 11.4 Å². The standard InChI is InChI=1S/C25H20BrN3O3S/c1-32-29-21(23(30)31)20-22(26)33-24(27-20)28-25(17-11-5-2-6-12-17,18-13-7-3-8-14-18)19-15-9-4-10-16-19/h2-16H,1H3,(H,27,28)(H,30,31)/b29-21-. The number of aromatic nitrogens is 1. The first-order chi connectivity index (χ1) is 16.1. The highest BCUT2D eigenvalue weighted by Gasteiger charge is 2.37. The summed E-state index contributed by atoms with van der Waals surface area (Å²) in [5.74, 6) is -1.23. The Bertz CT molecular complexity index is 1170. The summed E-state index contributed by atoms with van der Waals surface area (Å²) in [7, 11) is 1.30. The van der Waals surface area contributed by atoms with Crippen molar-refractivity contribution in [1.29, 1.82) is 0 Å². The number of oxime groups is 1. The predicted octanol–water partition coefficient (Wildman–Crippen LogP) is 5.74. The van der Waals surface area contributed by atoms with Gasteiger partial charge >= 0.3 is 5.97 Å². The molecule has 8 heteroatoms. The van der Waals surface area contributed by atoms with E-state index in [1.165, 1.54) is 18.4 Å². The average Bonchev–Trinajstić information content (AvgIpc) is 3.21. The van der Waals surface area contributed by atoms with E-state index < -0.39 is 11.5 Å². The van der Waals surface area contributed by atoms with Crippen LogP contribution in [0, 0.1) is 0 Å². The molecule has 0 saturated heterocycles. The van der Waals surface area contributed by atoms with E-state index in [0.717, 1.165) is 16.7 Å². The molecule has 1 heterocycles. The Morgan fingerprint density at radius 3 is 1.79 bits per heavy atom. The molecule has 4 rings (SSSR count). The Kier molecular flexibility index (Phi) is 6.86. The summed E-state index contributed by atoms with van der Waals surface area (Å²) in [6.07, 6.45) is 0. The first-order valence-electron chi connectivity index (χ1n) is 10.0. The molecule has 4 aromatic rings. The summed E-state index contributed by atoms with van der Waals surface area (Å²) in [5, 5.41) is 17.4. The lowest BCUT2D eigenvalue weighted by molar-refractivity contribution is -0.129. The third-order valence-corrected chi connectivity index (χ3v) is 6.73. The second kappa shape index (κ2) is 9.97. The number of nitrogens with one attached hydrogen (secondary N) is 1. The third-order valence-electron chi connectivity index (χ3n) is 5.11. The van der Waals surface area contributed by atoms with Crippen LogP contribution in [0.1, 0.15) is 22.4 Å². The number of carboxylic acids is 1. The molecule has 6 nitrogen and oxygen atoms in total. The highest BCUT2D eigenvalue weighted by atomic mass is 79.9. The highest BCUT2D eigenvalue weighted by molar-refractivity contribution is 9.11. The molecule has 0 unspecified atom stereocenters. The van der Waals surface area contributed by atoms with E-state index in [1.54, 1.807) is 0 Å². The quantitative estimate of drug-likeness (QED) is 0.175. The van der Waals surface area contributed by atoms with Crippen molar-refractivity contribution >= 4 is 44.1 Å². The van der Waals surface area contributed by atoms with Crippen LogP contribution in [0.4, 0.5) is 5.13 Å². The fourth-order valence-electron chi connectivity index (χ4n) is 3.72. The van der Waals surface area contributed by atoms with Gasteiger partial charge in [0.2, 0.25) is 5.71 Å². The lowest BCUT2D eigenvalue weighted by Gasteiger charge is -2.36. The predicted molar refractivity (Wildman–Crippen MR) is 134 cm³/mol. The molecule has 0 saturated carbocycles. The van der Waals surface area contributed by atoms with Crippen LogP contribution in [0.2, 0.25) is 0 Å². The Morgan fingerprint density at radius 2 is 1.39 bits per heavy atom. The van der Waals surface area contributed by atoms with Gasteiger partial charge in [-0.15, -0.1) is 0 Å². The van der Waals surface area contributed by atoms with E-state index in [4.69, 9.17) is 4.84 Å². The number of thiazole rings is 1. The van der Waals surface area contributed by atoms with Crippen molar-refractivity contribution in [3.05, 3.63) is 117 Å². The fourth-order valence-corrected chi connectivity index (χ4v) is 5.20. The van der Waals surface area contributed by atoms with Crippen molar-refractivity contribution in [2.75, 3.05) is 12.4 Å². The molecule has 166 valence electrons. The molecule has 0 spiro atoms. The van der Waals surface area contributed by atoms with Gasteiger partial charge < -0.3 is 15.3 Å². The molecule has 0 aliphatic carbocycles. The van der Waals surface area contributed by atoms with Gasteiger partial charge in [0.05, 0.1) is 0 Å². The van der Waals surface area contributed by atoms with Crippen LogP contribution in [0.25, 0.3) is 0 Å². The largest absolute Gasteiger partial charge is 0.476 e. The maximum Gasteiger partial charge on any atom is 0.360 e. The van der Waals surface area contributed by atoms with Crippen LogP contribution in [-0.4, -0.2) is 28.9 Å². The van der Waals surface area contributed by atoms with Crippen LogP contribution >= 0.6 is 27.3 Å². The van der Waals surface area contributed by atoms with Crippen molar-refractivity contribution in [3.63, 3.8) is 0 Å². The summed E-state index contributed by atoms with van der Waals surface area (Å²) >= 11 is 4.74. The summed E-state index contributed by atoms with van der Waals surface area (Å²) in [4.78, 5) is 21.0. The minimum Gasteiger partial charge on any atom is -0.476 e. The first-order valence-corrected chi connectivity index (χ1v) is 11.6. The Morgan fingerprint density at radius 1 is 0.939 bits per heavy atom. The van der Waals surface area contributed by atoms with Gasteiger partial charge in [-0.25, -0.2) is 9.78 Å². The van der Waals surface area contributed by atoms with Gasteiger partial charge in [-0.05, 0) is 32.6 Å². The van der Waals surface area contributed by atoms with Gasteiger partial charge in [-0.2, -0.15) is 0 Å². The summed E-state index contributed by atoms with van der Waals surface area (Å²) in [6, 6.07) is 30.3. The van der Waals surface area contributed by atoms with Gasteiger partial charge in [0.25, 0.3) is 0 Å². The Labute approximate surface area is 203 Å². The molecule has 2 N–H and O–H groups in total. The molecule has 1 aromatic heterocycles. The number of nitrogens with zero attached hydrogens (tertiary/aromatic N) is 2. The van der Waals surface area contributed by atoms with Gasteiger partial charge in [0, 0.05) is 0 Å². The number of aliphatic carboxylic acids is 1. The molecule has 0 amide bonds. The summed E-state index contributed by atoms with van der Waals surface area (Å²) < 4.78 is 0.534. The van der Waals surface area contributed by atoms with Gasteiger partial charge in [-0.1, -0.05) is 107 Å². The second-order valence-electron chi connectivity index (χ2n) is 7.04. The number of anilines is 1. The van der Waals surface area contributed by atoms with Gasteiger partial charge in [-0.3, -0.25) is 0 Å². The zero-order valence-corrected chi connectivity index (χ0v) is 20.0. The normalized spacial score (nSPS) is 11.8. The molecule has 0 fully saturated rings. The van der Waals surface area contributed by atoms with Gasteiger partial charge in [0.1, 0.15) is 22.1 Å². The number of benzene rings is 3. The molecule has 0 radical (unpaired) electrons. The minimum absolute atomic E-state index is 0.194. The zero-order chi connectivity index (χ0) is 23.3. The number of hydrogen-bond donors (Lipinski definition) is 2. The lowest BCUT2D eigenvalue weighted by atomic mass is 9.77.